The Hall–Kier alpha value is -3.94. The van der Waals surface area contributed by atoms with Crippen molar-refractivity contribution in [3.05, 3.63) is 66.6 Å². The van der Waals surface area contributed by atoms with Gasteiger partial charge in [0.25, 0.3) is 0 Å². The number of aromatic nitrogens is 4. The number of aryl methyl sites for hydroxylation is 1. The van der Waals surface area contributed by atoms with Crippen LogP contribution in [0.4, 0.5) is 23.1 Å². The zero-order chi connectivity index (χ0) is 21.9. The van der Waals surface area contributed by atoms with E-state index in [9.17, 15) is 4.79 Å². The van der Waals surface area contributed by atoms with E-state index in [0.29, 0.717) is 0 Å². The van der Waals surface area contributed by atoms with E-state index in [4.69, 9.17) is 0 Å². The van der Waals surface area contributed by atoms with Crippen molar-refractivity contribution < 1.29 is 4.79 Å². The number of imidazole rings is 1. The molecule has 0 spiro atoms. The number of hydrogen-bond donors (Lipinski definition) is 2. The summed E-state index contributed by atoms with van der Waals surface area (Å²) in [5.74, 6) is 1.44. The number of anilines is 4. The first-order valence-electron chi connectivity index (χ1n) is 10.8. The molecule has 5 rings (SSSR count). The Kier molecular flexibility index (Phi) is 5.41. The maximum absolute atomic E-state index is 12.5. The van der Waals surface area contributed by atoms with Gasteiger partial charge in [-0.1, -0.05) is 12.1 Å². The highest BCUT2D eigenvalue weighted by atomic mass is 16.1. The lowest BCUT2D eigenvalue weighted by atomic mass is 10.2. The summed E-state index contributed by atoms with van der Waals surface area (Å²) in [5, 5.41) is 6.29. The molecule has 1 fully saturated rings. The van der Waals surface area contributed by atoms with Crippen LogP contribution in [0.5, 0.6) is 0 Å². The molecule has 0 unspecified atom stereocenters. The van der Waals surface area contributed by atoms with Crippen molar-refractivity contribution in [3.8, 4) is 0 Å². The molecule has 1 aliphatic rings. The van der Waals surface area contributed by atoms with E-state index >= 15 is 0 Å². The average molecular weight is 428 g/mol. The second-order valence-corrected chi connectivity index (χ2v) is 8.00. The van der Waals surface area contributed by atoms with Crippen LogP contribution in [-0.4, -0.2) is 38.5 Å². The number of nitrogens with zero attached hydrogens (tertiary/aromatic N) is 5. The normalized spacial score (nSPS) is 13.5. The molecule has 8 heteroatoms. The lowest BCUT2D eigenvalue weighted by molar-refractivity contribution is -0.116. The van der Waals surface area contributed by atoms with Gasteiger partial charge in [0.2, 0.25) is 11.9 Å². The molecule has 162 valence electrons. The van der Waals surface area contributed by atoms with E-state index in [0.717, 1.165) is 53.0 Å². The zero-order valence-corrected chi connectivity index (χ0v) is 18.0. The van der Waals surface area contributed by atoms with Gasteiger partial charge in [-0.15, -0.1) is 0 Å². The van der Waals surface area contributed by atoms with Crippen molar-refractivity contribution in [3.63, 3.8) is 0 Å². The predicted molar refractivity (Wildman–Crippen MR) is 126 cm³/mol. The first-order chi connectivity index (χ1) is 15.6. The second-order valence-electron chi connectivity index (χ2n) is 8.00. The first-order valence-corrected chi connectivity index (χ1v) is 10.8. The Balaban J connectivity index is 1.23. The molecule has 1 aliphatic heterocycles. The summed E-state index contributed by atoms with van der Waals surface area (Å²) in [6.07, 6.45) is 4.06. The van der Waals surface area contributed by atoms with Crippen LogP contribution in [0, 0.1) is 6.92 Å². The molecule has 1 saturated heterocycles. The van der Waals surface area contributed by atoms with Gasteiger partial charge >= 0.3 is 0 Å². The van der Waals surface area contributed by atoms with Crippen LogP contribution in [0.3, 0.4) is 0 Å². The maximum atomic E-state index is 12.5. The molecular formula is C24H25N7O. The summed E-state index contributed by atoms with van der Waals surface area (Å²) < 4.78 is 1.84. The van der Waals surface area contributed by atoms with Crippen LogP contribution in [0.2, 0.25) is 0 Å². The third-order valence-corrected chi connectivity index (χ3v) is 5.51. The molecule has 0 atom stereocenters. The van der Waals surface area contributed by atoms with E-state index < -0.39 is 0 Å². The van der Waals surface area contributed by atoms with Crippen molar-refractivity contribution in [2.75, 3.05) is 28.6 Å². The minimum atomic E-state index is -0.101. The summed E-state index contributed by atoms with van der Waals surface area (Å²) in [6, 6.07) is 17.3. The molecule has 0 aliphatic carbocycles. The van der Waals surface area contributed by atoms with Crippen LogP contribution in [0.15, 0.2) is 60.9 Å². The third kappa shape index (κ3) is 4.39. The van der Waals surface area contributed by atoms with Gasteiger partial charge in [-0.05, 0) is 56.2 Å². The van der Waals surface area contributed by atoms with Gasteiger partial charge in [-0.25, -0.2) is 9.97 Å². The fraction of sp³-hybridized carbons (Fsp3) is 0.250. The number of rotatable bonds is 6. The van der Waals surface area contributed by atoms with E-state index in [1.807, 2.05) is 66.1 Å². The fourth-order valence-corrected chi connectivity index (χ4v) is 3.95. The van der Waals surface area contributed by atoms with Gasteiger partial charge in [0.05, 0.1) is 17.4 Å². The Morgan fingerprint density at radius 1 is 1.00 bits per heavy atom. The van der Waals surface area contributed by atoms with Crippen molar-refractivity contribution in [2.45, 2.75) is 26.3 Å². The Morgan fingerprint density at radius 3 is 2.56 bits per heavy atom. The van der Waals surface area contributed by atoms with E-state index in [1.165, 1.54) is 12.8 Å². The number of hydrogen-bond acceptors (Lipinski definition) is 6. The molecule has 4 aromatic rings. The quantitative estimate of drug-likeness (QED) is 0.481. The summed E-state index contributed by atoms with van der Waals surface area (Å²) in [6.45, 7) is 4.20. The topological polar surface area (TPSA) is 88.0 Å². The molecule has 32 heavy (non-hydrogen) atoms. The van der Waals surface area contributed by atoms with Gasteiger partial charge in [0.1, 0.15) is 12.4 Å². The number of fused-ring (bicyclic) bond motifs is 1. The predicted octanol–water partition coefficient (Wildman–Crippen LogP) is 4.12. The van der Waals surface area contributed by atoms with Crippen molar-refractivity contribution >= 4 is 40.1 Å². The maximum Gasteiger partial charge on any atom is 0.244 e. The van der Waals surface area contributed by atoms with E-state index in [1.54, 1.807) is 6.33 Å². The number of benzene rings is 2. The number of carbonyl (C=O) groups is 1. The zero-order valence-electron chi connectivity index (χ0n) is 18.0. The van der Waals surface area contributed by atoms with Gasteiger partial charge in [-0.2, -0.15) is 4.98 Å². The smallest absolute Gasteiger partial charge is 0.244 e. The van der Waals surface area contributed by atoms with Gasteiger partial charge in [0, 0.05) is 36.2 Å². The van der Waals surface area contributed by atoms with Crippen LogP contribution in [-0.2, 0) is 11.3 Å². The molecule has 0 bridgehead atoms. The van der Waals surface area contributed by atoms with Crippen molar-refractivity contribution in [1.82, 2.24) is 19.5 Å². The fourth-order valence-electron chi connectivity index (χ4n) is 3.95. The molecule has 8 nitrogen and oxygen atoms in total. The highest BCUT2D eigenvalue weighted by Crippen LogP contribution is 2.22. The van der Waals surface area contributed by atoms with E-state index in [2.05, 4.69) is 30.5 Å². The summed E-state index contributed by atoms with van der Waals surface area (Å²) in [7, 11) is 0. The molecule has 0 saturated carbocycles. The highest BCUT2D eigenvalue weighted by molar-refractivity contribution is 5.91. The number of nitrogens with one attached hydrogen (secondary N) is 2. The Morgan fingerprint density at radius 2 is 1.75 bits per heavy atom. The Labute approximate surface area is 186 Å². The van der Waals surface area contributed by atoms with Crippen LogP contribution >= 0.6 is 0 Å². The molecule has 3 heterocycles. The molecular weight excluding hydrogens is 402 g/mol. The average Bonchev–Trinajstić information content (AvgIpc) is 3.46. The van der Waals surface area contributed by atoms with Gasteiger partial charge in [-0.3, -0.25) is 4.79 Å². The highest BCUT2D eigenvalue weighted by Gasteiger charge is 2.16. The largest absolute Gasteiger partial charge is 0.341 e. The van der Waals surface area contributed by atoms with Crippen LogP contribution < -0.4 is 15.5 Å². The molecule has 1 amide bonds. The first kappa shape index (κ1) is 20.0. The monoisotopic (exact) mass is 427 g/mol. The van der Waals surface area contributed by atoms with Crippen LogP contribution in [0.1, 0.15) is 18.5 Å². The van der Waals surface area contributed by atoms with Crippen molar-refractivity contribution in [1.29, 1.82) is 0 Å². The SMILES string of the molecule is Cc1cc(Nc2ccc(NC(=O)Cn3cnc4ccccc43)cc2)nc(N2CCCC2)n1. The minimum Gasteiger partial charge on any atom is -0.341 e. The third-order valence-electron chi connectivity index (χ3n) is 5.51. The van der Waals surface area contributed by atoms with Crippen molar-refractivity contribution in [2.24, 2.45) is 0 Å². The summed E-state index contributed by atoms with van der Waals surface area (Å²) >= 11 is 0. The summed E-state index contributed by atoms with van der Waals surface area (Å²) in [4.78, 5) is 28.3. The molecule has 2 N–H and O–H groups in total. The van der Waals surface area contributed by atoms with E-state index in [-0.39, 0.29) is 12.5 Å². The minimum absolute atomic E-state index is 0.101. The lowest BCUT2D eigenvalue weighted by Crippen LogP contribution is -2.21. The van der Waals surface area contributed by atoms with Gasteiger partial charge in [0.15, 0.2) is 0 Å². The number of amides is 1. The Bertz CT molecular complexity index is 1240. The van der Waals surface area contributed by atoms with Crippen LogP contribution in [0.25, 0.3) is 11.0 Å². The lowest BCUT2D eigenvalue weighted by Gasteiger charge is -2.17. The standard InChI is InChI=1S/C24H25N7O/c1-17-14-22(29-24(26-17)30-12-4-5-13-30)27-18-8-10-19(11-9-18)28-23(32)15-31-16-25-20-6-2-3-7-21(20)31/h2-3,6-11,14,16H,4-5,12-13,15H2,1H3,(H,28,32)(H,26,27,29). The second kappa shape index (κ2) is 8.66. The summed E-state index contributed by atoms with van der Waals surface area (Å²) in [5.41, 5.74) is 4.38. The molecule has 2 aromatic heterocycles. The van der Waals surface area contributed by atoms with Gasteiger partial charge < -0.3 is 20.1 Å². The number of para-hydroxylation sites is 2. The number of carbonyl (C=O) groups excluding carboxylic acids is 1. The molecule has 0 radical (unpaired) electrons. The molecule has 2 aromatic carbocycles.